The van der Waals surface area contributed by atoms with Gasteiger partial charge in [-0.05, 0) is 62.1 Å². The molecule has 3 amide bonds. The second-order valence-electron chi connectivity index (χ2n) is 9.31. The standard InChI is InChI=1S/C25H27Cl3N4O5S2/c26-17-11-16(12-18(27)13-17)24(34)29-14-19-3-1-9-32(19)23(33)15-31-8-2-4-21(25(31)35)30-39(36,37)10-7-20-5-6-22(28)38-20/h5-7,10-13,19,21,30H,1-4,8-9,14-15H2,(H,29,34)/b10-7+/t19-,21+/m1/s1. The summed E-state index contributed by atoms with van der Waals surface area (Å²) in [7, 11) is -3.89. The first-order valence-electron chi connectivity index (χ1n) is 12.3. The summed E-state index contributed by atoms with van der Waals surface area (Å²) in [4.78, 5) is 42.5. The van der Waals surface area contributed by atoms with Crippen LogP contribution in [-0.4, -0.2) is 74.2 Å². The van der Waals surface area contributed by atoms with Gasteiger partial charge in [0.1, 0.15) is 6.04 Å². The lowest BCUT2D eigenvalue weighted by Gasteiger charge is -2.34. The largest absolute Gasteiger partial charge is 0.350 e. The average Bonchev–Trinajstić information content (AvgIpc) is 3.52. The third-order valence-electron chi connectivity index (χ3n) is 6.49. The van der Waals surface area contributed by atoms with Crippen molar-refractivity contribution in [1.82, 2.24) is 19.8 Å². The van der Waals surface area contributed by atoms with Crippen molar-refractivity contribution in [2.45, 2.75) is 37.8 Å². The summed E-state index contributed by atoms with van der Waals surface area (Å²) in [5, 5.41) is 4.53. The molecule has 14 heteroatoms. The maximum absolute atomic E-state index is 13.2. The molecule has 9 nitrogen and oxygen atoms in total. The Morgan fingerprint density at radius 2 is 1.77 bits per heavy atom. The van der Waals surface area contributed by atoms with Gasteiger partial charge < -0.3 is 15.1 Å². The van der Waals surface area contributed by atoms with Gasteiger partial charge in [-0.3, -0.25) is 14.4 Å². The number of benzene rings is 1. The number of hydrogen-bond donors (Lipinski definition) is 2. The van der Waals surface area contributed by atoms with Gasteiger partial charge in [0.15, 0.2) is 0 Å². The van der Waals surface area contributed by atoms with E-state index in [1.54, 1.807) is 17.0 Å². The molecule has 2 fully saturated rings. The van der Waals surface area contributed by atoms with E-state index < -0.39 is 22.0 Å². The number of nitrogens with zero attached hydrogens (tertiary/aromatic N) is 2. The molecule has 2 N–H and O–H groups in total. The molecule has 4 rings (SSSR count). The second kappa shape index (κ2) is 13.0. The van der Waals surface area contributed by atoms with Crippen LogP contribution in [0.3, 0.4) is 0 Å². The number of amides is 3. The molecule has 210 valence electrons. The van der Waals surface area contributed by atoms with Crippen molar-refractivity contribution >= 4 is 80.0 Å². The van der Waals surface area contributed by atoms with Crippen molar-refractivity contribution in [3.8, 4) is 0 Å². The Morgan fingerprint density at radius 1 is 1.05 bits per heavy atom. The Bertz CT molecular complexity index is 1360. The summed E-state index contributed by atoms with van der Waals surface area (Å²) in [6.07, 6.45) is 3.79. The number of hydrogen-bond acceptors (Lipinski definition) is 6. The van der Waals surface area contributed by atoms with E-state index in [0.717, 1.165) is 11.8 Å². The Hall–Kier alpha value is -2.15. The summed E-state index contributed by atoms with van der Waals surface area (Å²) in [6.45, 7) is 0.955. The fourth-order valence-corrected chi connectivity index (χ4v) is 7.24. The number of carbonyl (C=O) groups excluding carboxylic acids is 3. The minimum atomic E-state index is -3.89. The highest BCUT2D eigenvalue weighted by molar-refractivity contribution is 7.92. The molecule has 0 unspecified atom stereocenters. The number of thiophene rings is 1. The van der Waals surface area contributed by atoms with Crippen LogP contribution in [0.5, 0.6) is 0 Å². The Morgan fingerprint density at radius 3 is 2.46 bits per heavy atom. The van der Waals surface area contributed by atoms with Gasteiger partial charge in [0, 0.05) is 51.6 Å². The van der Waals surface area contributed by atoms with Gasteiger partial charge in [0.05, 0.1) is 10.9 Å². The summed E-state index contributed by atoms with van der Waals surface area (Å²) in [5.41, 5.74) is 0.324. The van der Waals surface area contributed by atoms with Gasteiger partial charge in [0.2, 0.25) is 21.8 Å². The Labute approximate surface area is 246 Å². The summed E-state index contributed by atoms with van der Waals surface area (Å²) in [6, 6.07) is 6.75. The zero-order valence-electron chi connectivity index (χ0n) is 20.7. The lowest BCUT2D eigenvalue weighted by Crippen LogP contribution is -2.55. The van der Waals surface area contributed by atoms with Crippen LogP contribution in [0.25, 0.3) is 6.08 Å². The normalized spacial score (nSPS) is 20.1. The fraction of sp³-hybridized carbons (Fsp3) is 0.400. The van der Waals surface area contributed by atoms with E-state index in [9.17, 15) is 22.8 Å². The quantitative estimate of drug-likeness (QED) is 0.433. The number of halogens is 3. The topological polar surface area (TPSA) is 116 Å². The van der Waals surface area contributed by atoms with Crippen LogP contribution in [0.4, 0.5) is 0 Å². The summed E-state index contributed by atoms with van der Waals surface area (Å²) >= 11 is 19.1. The Balaban J connectivity index is 1.31. The zero-order chi connectivity index (χ0) is 28.2. The molecule has 2 aromatic rings. The van der Waals surface area contributed by atoms with Gasteiger partial charge >= 0.3 is 0 Å². The van der Waals surface area contributed by atoms with Crippen LogP contribution in [-0.2, 0) is 19.6 Å². The van der Waals surface area contributed by atoms with Crippen LogP contribution in [0.2, 0.25) is 14.4 Å². The molecule has 2 saturated heterocycles. The van der Waals surface area contributed by atoms with E-state index in [-0.39, 0.29) is 30.9 Å². The molecule has 39 heavy (non-hydrogen) atoms. The van der Waals surface area contributed by atoms with Crippen molar-refractivity contribution in [2.24, 2.45) is 0 Å². The summed E-state index contributed by atoms with van der Waals surface area (Å²) in [5.74, 6) is -1.03. The molecule has 2 atom stereocenters. The molecule has 1 aromatic carbocycles. The van der Waals surface area contributed by atoms with Crippen LogP contribution in [0.15, 0.2) is 35.7 Å². The van der Waals surface area contributed by atoms with E-state index >= 15 is 0 Å². The molecule has 0 aliphatic carbocycles. The van der Waals surface area contributed by atoms with Crippen molar-refractivity contribution in [3.63, 3.8) is 0 Å². The third kappa shape index (κ3) is 8.18. The molecule has 0 spiro atoms. The number of sulfonamides is 1. The molecule has 0 saturated carbocycles. The first-order valence-corrected chi connectivity index (χ1v) is 15.8. The van der Waals surface area contributed by atoms with E-state index in [1.807, 2.05) is 0 Å². The molecule has 3 heterocycles. The van der Waals surface area contributed by atoms with Crippen LogP contribution < -0.4 is 10.0 Å². The molecule has 0 bridgehead atoms. The lowest BCUT2D eigenvalue weighted by atomic mass is 10.1. The van der Waals surface area contributed by atoms with Crippen LogP contribution in [0, 0.1) is 0 Å². The van der Waals surface area contributed by atoms with Crippen LogP contribution in [0.1, 0.15) is 40.9 Å². The molecule has 1 aromatic heterocycles. The monoisotopic (exact) mass is 632 g/mol. The number of nitrogens with one attached hydrogen (secondary N) is 2. The number of piperidine rings is 1. The van der Waals surface area contributed by atoms with E-state index in [1.165, 1.54) is 40.5 Å². The SMILES string of the molecule is O=C(NC[C@H]1CCCN1C(=O)CN1CCC[C@H](NS(=O)(=O)/C=C/c2ccc(Cl)s2)C1=O)c1cc(Cl)cc(Cl)c1. The second-order valence-corrected chi connectivity index (χ2v) is 13.5. The minimum absolute atomic E-state index is 0.158. The smallest absolute Gasteiger partial charge is 0.251 e. The predicted molar refractivity (Wildman–Crippen MR) is 154 cm³/mol. The molecule has 2 aliphatic rings. The first kappa shape index (κ1) is 29.8. The highest BCUT2D eigenvalue weighted by Gasteiger charge is 2.35. The van der Waals surface area contributed by atoms with Crippen molar-refractivity contribution < 1.29 is 22.8 Å². The van der Waals surface area contributed by atoms with Gasteiger partial charge in [-0.2, -0.15) is 4.72 Å². The van der Waals surface area contributed by atoms with E-state index in [0.29, 0.717) is 57.2 Å². The van der Waals surface area contributed by atoms with Gasteiger partial charge in [-0.15, -0.1) is 11.3 Å². The Kier molecular flexibility index (Phi) is 9.95. The van der Waals surface area contributed by atoms with Crippen molar-refractivity contribution in [3.05, 3.63) is 60.6 Å². The maximum atomic E-state index is 13.2. The third-order valence-corrected chi connectivity index (χ3v) is 9.23. The first-order chi connectivity index (χ1) is 18.5. The molecule has 0 radical (unpaired) electrons. The number of carbonyl (C=O) groups is 3. The van der Waals surface area contributed by atoms with Crippen molar-refractivity contribution in [2.75, 3.05) is 26.2 Å². The summed E-state index contributed by atoms with van der Waals surface area (Å²) < 4.78 is 28.1. The highest BCUT2D eigenvalue weighted by Crippen LogP contribution is 2.23. The van der Waals surface area contributed by atoms with Crippen LogP contribution >= 0.6 is 46.1 Å². The maximum Gasteiger partial charge on any atom is 0.251 e. The van der Waals surface area contributed by atoms with E-state index in [4.69, 9.17) is 34.8 Å². The zero-order valence-corrected chi connectivity index (χ0v) is 24.6. The van der Waals surface area contributed by atoms with Gasteiger partial charge in [-0.1, -0.05) is 34.8 Å². The highest BCUT2D eigenvalue weighted by atomic mass is 35.5. The lowest BCUT2D eigenvalue weighted by molar-refractivity contribution is -0.143. The average molecular weight is 634 g/mol. The minimum Gasteiger partial charge on any atom is -0.350 e. The number of rotatable bonds is 9. The van der Waals surface area contributed by atoms with Gasteiger partial charge in [0.25, 0.3) is 5.91 Å². The fourth-order valence-electron chi connectivity index (χ4n) is 4.65. The predicted octanol–water partition coefficient (Wildman–Crippen LogP) is 4.01. The molecule has 2 aliphatic heterocycles. The molecular weight excluding hydrogens is 607 g/mol. The van der Waals surface area contributed by atoms with Crippen molar-refractivity contribution in [1.29, 1.82) is 0 Å². The molecular formula is C25H27Cl3N4O5S2. The number of likely N-dealkylation sites (tertiary alicyclic amines) is 2. The van der Waals surface area contributed by atoms with Gasteiger partial charge in [-0.25, -0.2) is 8.42 Å². The van der Waals surface area contributed by atoms with E-state index in [2.05, 4.69) is 10.0 Å².